The molecule has 0 spiro atoms. The molecule has 0 aromatic heterocycles. The minimum Gasteiger partial charge on any atom is -0.506 e. The van der Waals surface area contributed by atoms with E-state index in [0.29, 0.717) is 0 Å². The first kappa shape index (κ1) is 16.3. The quantitative estimate of drug-likeness (QED) is 0.785. The Balaban J connectivity index is 2.32. The number of benzene rings is 2. The third kappa shape index (κ3) is 3.57. The monoisotopic (exact) mass is 321 g/mol. The fraction of sp³-hybridized carbons (Fsp3) is 0.235. The van der Waals surface area contributed by atoms with Crippen molar-refractivity contribution in [2.45, 2.75) is 26.2 Å². The summed E-state index contributed by atoms with van der Waals surface area (Å²) in [5, 5.41) is 12.5. The normalized spacial score (nSPS) is 11.3. The topological polar surface area (TPSA) is 49.3 Å². The molecular weight excluding hydrogens is 305 g/mol. The van der Waals surface area contributed by atoms with Gasteiger partial charge < -0.3 is 10.4 Å². The van der Waals surface area contributed by atoms with Crippen molar-refractivity contribution in [3.05, 3.63) is 58.4 Å². The Bertz CT molecular complexity index is 723. The van der Waals surface area contributed by atoms with Crippen molar-refractivity contribution in [2.24, 2.45) is 0 Å². The molecular formula is C17H17ClFNO2. The van der Waals surface area contributed by atoms with Crippen molar-refractivity contribution in [3.63, 3.8) is 0 Å². The first-order valence-corrected chi connectivity index (χ1v) is 7.16. The highest BCUT2D eigenvalue weighted by Gasteiger charge is 2.18. The van der Waals surface area contributed by atoms with Gasteiger partial charge in [-0.3, -0.25) is 4.79 Å². The number of hydrogen-bond donors (Lipinski definition) is 2. The predicted molar refractivity (Wildman–Crippen MR) is 86.2 cm³/mol. The zero-order valence-corrected chi connectivity index (χ0v) is 13.3. The molecule has 0 unspecified atom stereocenters. The van der Waals surface area contributed by atoms with Gasteiger partial charge in [-0.1, -0.05) is 38.4 Å². The molecule has 22 heavy (non-hydrogen) atoms. The summed E-state index contributed by atoms with van der Waals surface area (Å²) >= 11 is 5.87. The van der Waals surface area contributed by atoms with Crippen LogP contribution in [0.25, 0.3) is 0 Å². The fourth-order valence-corrected chi connectivity index (χ4v) is 2.22. The van der Waals surface area contributed by atoms with Crippen LogP contribution in [0.5, 0.6) is 5.75 Å². The molecule has 5 heteroatoms. The second-order valence-electron chi connectivity index (χ2n) is 6.06. The molecule has 0 saturated carbocycles. The lowest BCUT2D eigenvalue weighted by Crippen LogP contribution is -2.15. The van der Waals surface area contributed by atoms with E-state index in [2.05, 4.69) is 5.32 Å². The van der Waals surface area contributed by atoms with Gasteiger partial charge in [-0.2, -0.15) is 0 Å². The second kappa shape index (κ2) is 5.97. The number of aromatic hydroxyl groups is 1. The van der Waals surface area contributed by atoms with E-state index in [0.717, 1.165) is 17.7 Å². The molecule has 2 rings (SSSR count). The SMILES string of the molecule is CC(C)(C)c1ccc(O)c(NC(=O)c2ccc(F)cc2Cl)c1. The highest BCUT2D eigenvalue weighted by atomic mass is 35.5. The van der Waals surface area contributed by atoms with Crippen molar-refractivity contribution < 1.29 is 14.3 Å². The molecule has 0 radical (unpaired) electrons. The van der Waals surface area contributed by atoms with Gasteiger partial charge in [0.1, 0.15) is 11.6 Å². The first-order chi connectivity index (χ1) is 10.2. The summed E-state index contributed by atoms with van der Waals surface area (Å²) in [4.78, 5) is 12.2. The molecule has 0 bridgehead atoms. The molecule has 2 N–H and O–H groups in total. The van der Waals surface area contributed by atoms with E-state index in [-0.39, 0.29) is 27.4 Å². The fourth-order valence-electron chi connectivity index (χ4n) is 1.97. The molecule has 1 amide bonds. The van der Waals surface area contributed by atoms with Crippen LogP contribution in [-0.4, -0.2) is 11.0 Å². The summed E-state index contributed by atoms with van der Waals surface area (Å²) in [7, 11) is 0. The molecule has 0 saturated heterocycles. The average Bonchev–Trinajstić information content (AvgIpc) is 2.39. The molecule has 0 aliphatic carbocycles. The highest BCUT2D eigenvalue weighted by Crippen LogP contribution is 2.31. The Labute approximate surface area is 133 Å². The van der Waals surface area contributed by atoms with Gasteiger partial charge in [0.15, 0.2) is 0 Å². The molecule has 0 atom stereocenters. The molecule has 3 nitrogen and oxygen atoms in total. The highest BCUT2D eigenvalue weighted by molar-refractivity contribution is 6.34. The number of phenolic OH excluding ortho intramolecular Hbond substituents is 1. The van der Waals surface area contributed by atoms with E-state index < -0.39 is 11.7 Å². The van der Waals surface area contributed by atoms with E-state index >= 15 is 0 Å². The van der Waals surface area contributed by atoms with Crippen molar-refractivity contribution in [2.75, 3.05) is 5.32 Å². The van der Waals surface area contributed by atoms with Crippen LogP contribution in [-0.2, 0) is 5.41 Å². The smallest absolute Gasteiger partial charge is 0.257 e. The van der Waals surface area contributed by atoms with Gasteiger partial charge in [0.05, 0.1) is 16.3 Å². The molecule has 0 heterocycles. The minimum atomic E-state index is -0.515. The number of carbonyl (C=O) groups is 1. The standard InChI is InChI=1S/C17H17ClFNO2/c1-17(2,3)10-4-7-15(21)14(8-10)20-16(22)12-6-5-11(19)9-13(12)18/h4-9,21H,1-3H3,(H,20,22). The van der Waals surface area contributed by atoms with Gasteiger partial charge in [0, 0.05) is 0 Å². The van der Waals surface area contributed by atoms with Crippen LogP contribution >= 0.6 is 11.6 Å². The number of rotatable bonds is 2. The van der Waals surface area contributed by atoms with E-state index in [1.54, 1.807) is 12.1 Å². The summed E-state index contributed by atoms with van der Waals surface area (Å²) in [6.45, 7) is 6.09. The third-order valence-corrected chi connectivity index (χ3v) is 3.60. The van der Waals surface area contributed by atoms with Crippen LogP contribution in [0.2, 0.25) is 5.02 Å². The van der Waals surface area contributed by atoms with Crippen molar-refractivity contribution in [1.29, 1.82) is 0 Å². The molecule has 2 aromatic rings. The number of anilines is 1. The summed E-state index contributed by atoms with van der Waals surface area (Å²) in [5.74, 6) is -1.06. The van der Waals surface area contributed by atoms with Crippen LogP contribution in [0.3, 0.4) is 0 Å². The van der Waals surface area contributed by atoms with Crippen LogP contribution in [0.1, 0.15) is 36.7 Å². The summed E-state index contributed by atoms with van der Waals surface area (Å²) < 4.78 is 13.0. The number of nitrogens with one attached hydrogen (secondary N) is 1. The molecule has 0 fully saturated rings. The summed E-state index contributed by atoms with van der Waals surface area (Å²) in [5.41, 5.74) is 1.27. The van der Waals surface area contributed by atoms with E-state index in [4.69, 9.17) is 11.6 Å². The minimum absolute atomic E-state index is 0.0176. The molecule has 0 aliphatic rings. The zero-order valence-electron chi connectivity index (χ0n) is 12.6. The van der Waals surface area contributed by atoms with Crippen molar-refractivity contribution >= 4 is 23.2 Å². The Morgan fingerprint density at radius 2 is 1.86 bits per heavy atom. The molecule has 116 valence electrons. The first-order valence-electron chi connectivity index (χ1n) is 6.78. The van der Waals surface area contributed by atoms with Crippen LogP contribution in [0.15, 0.2) is 36.4 Å². The lowest BCUT2D eigenvalue weighted by molar-refractivity contribution is 0.102. The van der Waals surface area contributed by atoms with Gasteiger partial charge in [0.25, 0.3) is 5.91 Å². The summed E-state index contributed by atoms with van der Waals surface area (Å²) in [6, 6.07) is 8.58. The Morgan fingerprint density at radius 1 is 1.18 bits per heavy atom. The maximum absolute atomic E-state index is 13.0. The maximum atomic E-state index is 13.0. The van der Waals surface area contributed by atoms with Crippen molar-refractivity contribution in [3.8, 4) is 5.75 Å². The Morgan fingerprint density at radius 3 is 2.45 bits per heavy atom. The van der Waals surface area contributed by atoms with Crippen LogP contribution in [0.4, 0.5) is 10.1 Å². The van der Waals surface area contributed by atoms with E-state index in [1.807, 2.05) is 20.8 Å². The Hall–Kier alpha value is -2.07. The number of hydrogen-bond acceptors (Lipinski definition) is 2. The van der Waals surface area contributed by atoms with Gasteiger partial charge in [-0.25, -0.2) is 4.39 Å². The Kier molecular flexibility index (Phi) is 4.42. The number of phenols is 1. The van der Waals surface area contributed by atoms with Crippen LogP contribution in [0, 0.1) is 5.82 Å². The largest absolute Gasteiger partial charge is 0.506 e. The van der Waals surface area contributed by atoms with E-state index in [9.17, 15) is 14.3 Å². The lowest BCUT2D eigenvalue weighted by Gasteiger charge is -2.20. The number of amides is 1. The van der Waals surface area contributed by atoms with Gasteiger partial charge in [-0.15, -0.1) is 0 Å². The lowest BCUT2D eigenvalue weighted by atomic mass is 9.87. The molecule has 2 aromatic carbocycles. The maximum Gasteiger partial charge on any atom is 0.257 e. The second-order valence-corrected chi connectivity index (χ2v) is 6.47. The zero-order chi connectivity index (χ0) is 16.5. The predicted octanol–water partition coefficient (Wildman–Crippen LogP) is 4.73. The van der Waals surface area contributed by atoms with E-state index in [1.165, 1.54) is 12.1 Å². The van der Waals surface area contributed by atoms with Gasteiger partial charge >= 0.3 is 0 Å². The van der Waals surface area contributed by atoms with Gasteiger partial charge in [0.2, 0.25) is 0 Å². The van der Waals surface area contributed by atoms with Crippen LogP contribution < -0.4 is 5.32 Å². The number of carbonyl (C=O) groups excluding carboxylic acids is 1. The average molecular weight is 322 g/mol. The van der Waals surface area contributed by atoms with Gasteiger partial charge in [-0.05, 0) is 41.3 Å². The molecule has 0 aliphatic heterocycles. The summed E-state index contributed by atoms with van der Waals surface area (Å²) in [6.07, 6.45) is 0. The number of halogens is 2. The third-order valence-electron chi connectivity index (χ3n) is 3.29. The van der Waals surface area contributed by atoms with Crippen molar-refractivity contribution in [1.82, 2.24) is 0 Å².